The Morgan fingerprint density at radius 2 is 2.29 bits per heavy atom. The summed E-state index contributed by atoms with van der Waals surface area (Å²) >= 11 is 3.44. The van der Waals surface area contributed by atoms with E-state index < -0.39 is 0 Å². The van der Waals surface area contributed by atoms with Crippen LogP contribution in [0.25, 0.3) is 10.9 Å². The molecule has 0 bridgehead atoms. The first kappa shape index (κ1) is 9.68. The van der Waals surface area contributed by atoms with Crippen molar-refractivity contribution >= 4 is 26.8 Å². The highest BCUT2D eigenvalue weighted by atomic mass is 79.9. The second-order valence-corrected chi connectivity index (χ2v) is 3.91. The van der Waals surface area contributed by atoms with Gasteiger partial charge >= 0.3 is 0 Å². The molecule has 0 radical (unpaired) electrons. The number of rotatable bonds is 2. The quantitative estimate of drug-likeness (QED) is 0.893. The van der Waals surface area contributed by atoms with Crippen molar-refractivity contribution in [3.8, 4) is 0 Å². The zero-order valence-corrected chi connectivity index (χ0v) is 9.58. The summed E-state index contributed by atoms with van der Waals surface area (Å²) in [4.78, 5) is 0. The molecule has 1 aromatic carbocycles. The van der Waals surface area contributed by atoms with E-state index in [4.69, 9.17) is 5.73 Å². The van der Waals surface area contributed by atoms with Gasteiger partial charge in [-0.3, -0.25) is 4.68 Å². The molecule has 0 saturated heterocycles. The Morgan fingerprint density at radius 3 is 2.93 bits per heavy atom. The first-order chi connectivity index (χ1) is 6.76. The van der Waals surface area contributed by atoms with Gasteiger partial charge in [-0.15, -0.1) is 0 Å². The van der Waals surface area contributed by atoms with Crippen LogP contribution in [-0.4, -0.2) is 9.78 Å². The number of aryl methyl sites for hydroxylation is 1. The van der Waals surface area contributed by atoms with E-state index in [0.717, 1.165) is 27.6 Å². The van der Waals surface area contributed by atoms with Gasteiger partial charge in [0.25, 0.3) is 0 Å². The molecule has 0 amide bonds. The van der Waals surface area contributed by atoms with Crippen LogP contribution in [0.2, 0.25) is 0 Å². The van der Waals surface area contributed by atoms with Crippen LogP contribution in [0.4, 0.5) is 0 Å². The third kappa shape index (κ3) is 1.44. The Hall–Kier alpha value is -0.870. The molecule has 1 aromatic heterocycles. The SMILES string of the molecule is CCn1nc(Br)c2ccc(CN)cc21. The molecule has 2 N–H and O–H groups in total. The number of aromatic nitrogens is 2. The predicted molar refractivity (Wildman–Crippen MR) is 61.0 cm³/mol. The molecule has 2 aromatic rings. The maximum Gasteiger partial charge on any atom is 0.135 e. The van der Waals surface area contributed by atoms with Crippen LogP contribution < -0.4 is 5.73 Å². The van der Waals surface area contributed by atoms with Crippen LogP contribution in [0.5, 0.6) is 0 Å². The first-order valence-electron chi connectivity index (χ1n) is 4.61. The fraction of sp³-hybridized carbons (Fsp3) is 0.300. The lowest BCUT2D eigenvalue weighted by Crippen LogP contribution is -1.98. The largest absolute Gasteiger partial charge is 0.326 e. The highest BCUT2D eigenvalue weighted by Gasteiger charge is 2.06. The van der Waals surface area contributed by atoms with Gasteiger partial charge in [0, 0.05) is 18.5 Å². The number of nitrogens with zero attached hydrogens (tertiary/aromatic N) is 2. The van der Waals surface area contributed by atoms with E-state index in [1.165, 1.54) is 0 Å². The first-order valence-corrected chi connectivity index (χ1v) is 5.40. The molecule has 1 heterocycles. The monoisotopic (exact) mass is 253 g/mol. The highest BCUT2D eigenvalue weighted by Crippen LogP contribution is 2.24. The Kier molecular flexibility index (Phi) is 2.56. The van der Waals surface area contributed by atoms with Gasteiger partial charge in [-0.05, 0) is 40.5 Å². The van der Waals surface area contributed by atoms with Crippen LogP contribution in [0.3, 0.4) is 0 Å². The van der Waals surface area contributed by atoms with Gasteiger partial charge in [-0.25, -0.2) is 0 Å². The van der Waals surface area contributed by atoms with E-state index in [0.29, 0.717) is 6.54 Å². The topological polar surface area (TPSA) is 43.8 Å². The summed E-state index contributed by atoms with van der Waals surface area (Å²) in [5.41, 5.74) is 7.88. The normalized spacial score (nSPS) is 11.1. The molecule has 14 heavy (non-hydrogen) atoms. The molecule has 0 fully saturated rings. The van der Waals surface area contributed by atoms with Crippen LogP contribution in [0.1, 0.15) is 12.5 Å². The lowest BCUT2D eigenvalue weighted by Gasteiger charge is -2.00. The molecule has 0 saturated carbocycles. The van der Waals surface area contributed by atoms with Crippen molar-refractivity contribution in [2.75, 3.05) is 0 Å². The highest BCUT2D eigenvalue weighted by molar-refractivity contribution is 9.10. The molecule has 0 aliphatic heterocycles. The van der Waals surface area contributed by atoms with Gasteiger partial charge in [0.1, 0.15) is 4.60 Å². The molecule has 4 heteroatoms. The number of benzene rings is 1. The van der Waals surface area contributed by atoms with Crippen LogP contribution in [-0.2, 0) is 13.1 Å². The van der Waals surface area contributed by atoms with Crippen LogP contribution in [0.15, 0.2) is 22.8 Å². The molecule has 74 valence electrons. The predicted octanol–water partition coefficient (Wildman–Crippen LogP) is 2.28. The zero-order chi connectivity index (χ0) is 10.1. The summed E-state index contributed by atoms with van der Waals surface area (Å²) in [6, 6.07) is 6.19. The number of hydrogen-bond donors (Lipinski definition) is 1. The lowest BCUT2D eigenvalue weighted by molar-refractivity contribution is 0.678. The molecule has 2 rings (SSSR count). The third-order valence-electron chi connectivity index (χ3n) is 2.31. The standard InChI is InChI=1S/C10H12BrN3/c1-2-14-9-5-7(6-12)3-4-8(9)10(11)13-14/h3-5H,2,6,12H2,1H3. The summed E-state index contributed by atoms with van der Waals surface area (Å²) < 4.78 is 2.87. The van der Waals surface area contributed by atoms with E-state index >= 15 is 0 Å². The van der Waals surface area contributed by atoms with Gasteiger partial charge in [0.15, 0.2) is 0 Å². The number of fused-ring (bicyclic) bond motifs is 1. The van der Waals surface area contributed by atoms with Crippen molar-refractivity contribution < 1.29 is 0 Å². The van der Waals surface area contributed by atoms with E-state index in [1.54, 1.807) is 0 Å². The van der Waals surface area contributed by atoms with Gasteiger partial charge in [0.2, 0.25) is 0 Å². The third-order valence-corrected chi connectivity index (χ3v) is 2.89. The molecule has 0 unspecified atom stereocenters. The second kappa shape index (κ2) is 3.71. The minimum Gasteiger partial charge on any atom is -0.326 e. The Morgan fingerprint density at radius 1 is 1.50 bits per heavy atom. The molecular weight excluding hydrogens is 242 g/mol. The van der Waals surface area contributed by atoms with Crippen molar-refractivity contribution in [1.29, 1.82) is 0 Å². The number of nitrogens with two attached hydrogens (primary N) is 1. The number of hydrogen-bond acceptors (Lipinski definition) is 2. The summed E-state index contributed by atoms with van der Waals surface area (Å²) in [5, 5.41) is 5.52. The molecule has 0 aliphatic carbocycles. The molecule has 0 atom stereocenters. The molecular formula is C10H12BrN3. The van der Waals surface area contributed by atoms with E-state index in [9.17, 15) is 0 Å². The van der Waals surface area contributed by atoms with Crippen molar-refractivity contribution in [1.82, 2.24) is 9.78 Å². The fourth-order valence-electron chi connectivity index (χ4n) is 1.55. The summed E-state index contributed by atoms with van der Waals surface area (Å²) in [7, 11) is 0. The molecule has 0 aliphatic rings. The van der Waals surface area contributed by atoms with Gasteiger partial charge < -0.3 is 5.73 Å². The Labute approximate surface area is 91.0 Å². The maximum atomic E-state index is 5.60. The Bertz CT molecular complexity index is 462. The molecule has 3 nitrogen and oxygen atoms in total. The average molecular weight is 254 g/mol. The number of halogens is 1. The van der Waals surface area contributed by atoms with Gasteiger partial charge in [-0.1, -0.05) is 6.07 Å². The van der Waals surface area contributed by atoms with Crippen LogP contribution in [0, 0.1) is 0 Å². The minimum atomic E-state index is 0.572. The summed E-state index contributed by atoms with van der Waals surface area (Å²) in [5.74, 6) is 0. The fourth-order valence-corrected chi connectivity index (χ4v) is 2.07. The van der Waals surface area contributed by atoms with Crippen molar-refractivity contribution in [2.24, 2.45) is 5.73 Å². The van der Waals surface area contributed by atoms with E-state index in [1.807, 2.05) is 10.7 Å². The van der Waals surface area contributed by atoms with Crippen LogP contribution >= 0.6 is 15.9 Å². The summed E-state index contributed by atoms with van der Waals surface area (Å²) in [6.45, 7) is 3.52. The van der Waals surface area contributed by atoms with Crippen molar-refractivity contribution in [2.45, 2.75) is 20.0 Å². The average Bonchev–Trinajstić information content (AvgIpc) is 2.55. The second-order valence-electron chi connectivity index (χ2n) is 3.16. The maximum absolute atomic E-state index is 5.60. The van der Waals surface area contributed by atoms with Gasteiger partial charge in [0.05, 0.1) is 5.52 Å². The van der Waals surface area contributed by atoms with Crippen molar-refractivity contribution in [3.63, 3.8) is 0 Å². The smallest absolute Gasteiger partial charge is 0.135 e. The summed E-state index contributed by atoms with van der Waals surface area (Å²) in [6.07, 6.45) is 0. The zero-order valence-electron chi connectivity index (χ0n) is 8.00. The van der Waals surface area contributed by atoms with E-state index in [2.05, 4.69) is 40.1 Å². The minimum absolute atomic E-state index is 0.572. The lowest BCUT2D eigenvalue weighted by atomic mass is 10.2. The van der Waals surface area contributed by atoms with Gasteiger partial charge in [-0.2, -0.15) is 5.10 Å². The molecule has 0 spiro atoms. The van der Waals surface area contributed by atoms with Crippen molar-refractivity contribution in [3.05, 3.63) is 28.4 Å². The van der Waals surface area contributed by atoms with E-state index in [-0.39, 0.29) is 0 Å². The Balaban J connectivity index is 2.71.